The number of sulfonamides is 1. The van der Waals surface area contributed by atoms with Gasteiger partial charge < -0.3 is 5.32 Å². The number of carbonyl (C=O) groups excluding carboxylic acids is 2. The quantitative estimate of drug-likeness (QED) is 0.606. The van der Waals surface area contributed by atoms with Crippen LogP contribution in [-0.4, -0.2) is 56.0 Å². The van der Waals surface area contributed by atoms with E-state index in [9.17, 15) is 18.0 Å². The molecular weight excluding hydrogens is 258 g/mol. The molecule has 1 unspecified atom stereocenters. The fourth-order valence-electron chi connectivity index (χ4n) is 2.33. The van der Waals surface area contributed by atoms with Gasteiger partial charge in [-0.05, 0) is 12.8 Å². The molecule has 18 heavy (non-hydrogen) atoms. The van der Waals surface area contributed by atoms with Gasteiger partial charge in [-0.2, -0.15) is 0 Å². The second kappa shape index (κ2) is 4.94. The third-order valence-corrected chi connectivity index (χ3v) is 4.63. The molecule has 1 atom stereocenters. The van der Waals surface area contributed by atoms with Crippen LogP contribution in [0.25, 0.3) is 0 Å². The lowest BCUT2D eigenvalue weighted by molar-refractivity contribution is -0.125. The highest BCUT2D eigenvalue weighted by Gasteiger charge is 2.33. The van der Waals surface area contributed by atoms with Crippen molar-refractivity contribution < 1.29 is 18.0 Å². The number of carbonyl (C=O) groups is 2. The molecule has 2 N–H and O–H groups in total. The number of imide groups is 1. The van der Waals surface area contributed by atoms with Crippen molar-refractivity contribution in [3.63, 3.8) is 0 Å². The molecule has 0 aromatic heterocycles. The van der Waals surface area contributed by atoms with Gasteiger partial charge in [0, 0.05) is 19.1 Å². The first kappa shape index (κ1) is 13.4. The Bertz CT molecular complexity index is 454. The normalized spacial score (nSPS) is 27.5. The first-order chi connectivity index (χ1) is 8.36. The van der Waals surface area contributed by atoms with Crippen molar-refractivity contribution in [2.24, 2.45) is 0 Å². The first-order valence-electron chi connectivity index (χ1n) is 5.91. The summed E-state index contributed by atoms with van der Waals surface area (Å²) < 4.78 is 24.1. The summed E-state index contributed by atoms with van der Waals surface area (Å²) in [5.74, 6) is -0.545. The van der Waals surface area contributed by atoms with Crippen LogP contribution in [0.1, 0.15) is 19.3 Å². The van der Waals surface area contributed by atoms with E-state index in [0.717, 1.165) is 0 Å². The highest BCUT2D eigenvalue weighted by Crippen LogP contribution is 2.15. The second-order valence-electron chi connectivity index (χ2n) is 4.77. The molecule has 0 bridgehead atoms. The predicted octanol–water partition coefficient (Wildman–Crippen LogP) is -1.58. The van der Waals surface area contributed by atoms with Crippen molar-refractivity contribution in [1.29, 1.82) is 0 Å². The molecule has 0 spiro atoms. The average molecular weight is 275 g/mol. The van der Waals surface area contributed by atoms with Crippen LogP contribution in [0, 0.1) is 0 Å². The van der Waals surface area contributed by atoms with Gasteiger partial charge in [-0.25, -0.2) is 12.7 Å². The van der Waals surface area contributed by atoms with Crippen LogP contribution in [-0.2, 0) is 19.6 Å². The third kappa shape index (κ3) is 3.06. The zero-order valence-corrected chi connectivity index (χ0v) is 11.0. The monoisotopic (exact) mass is 275 g/mol. The molecule has 8 heteroatoms. The Balaban J connectivity index is 1.84. The summed E-state index contributed by atoms with van der Waals surface area (Å²) in [4.78, 5) is 22.4. The molecule has 2 rings (SSSR count). The van der Waals surface area contributed by atoms with E-state index in [-0.39, 0.29) is 24.3 Å². The maximum Gasteiger partial charge on any atom is 0.244 e. The fraction of sp³-hybridized carbons (Fsp3) is 0.800. The molecule has 0 aliphatic carbocycles. The van der Waals surface area contributed by atoms with Crippen LogP contribution in [0.2, 0.25) is 0 Å². The van der Waals surface area contributed by atoms with Crippen LogP contribution in [0.3, 0.4) is 0 Å². The molecule has 2 fully saturated rings. The zero-order chi connectivity index (χ0) is 13.3. The van der Waals surface area contributed by atoms with E-state index in [4.69, 9.17) is 0 Å². The number of nitrogens with one attached hydrogen (secondary N) is 2. The minimum absolute atomic E-state index is 0.0876. The van der Waals surface area contributed by atoms with E-state index in [1.807, 2.05) is 0 Å². The van der Waals surface area contributed by atoms with E-state index >= 15 is 0 Å². The smallest absolute Gasteiger partial charge is 0.244 e. The summed E-state index contributed by atoms with van der Waals surface area (Å²) >= 11 is 0. The van der Waals surface area contributed by atoms with Crippen molar-refractivity contribution in [2.45, 2.75) is 31.3 Å². The lowest BCUT2D eigenvalue weighted by atomic mass is 10.1. The SMILES string of the molecule is CS(=O)(=O)N1CCC(NC2CC(=O)NC2=O)CC1. The van der Waals surface area contributed by atoms with E-state index in [0.29, 0.717) is 25.9 Å². The van der Waals surface area contributed by atoms with Gasteiger partial charge in [-0.3, -0.25) is 14.9 Å². The average Bonchev–Trinajstić information content (AvgIpc) is 2.57. The van der Waals surface area contributed by atoms with Crippen LogP contribution in [0.15, 0.2) is 0 Å². The third-order valence-electron chi connectivity index (χ3n) is 3.33. The minimum Gasteiger partial charge on any atom is -0.303 e. The fourth-order valence-corrected chi connectivity index (χ4v) is 3.20. The Morgan fingerprint density at radius 3 is 2.33 bits per heavy atom. The van der Waals surface area contributed by atoms with Gasteiger partial charge in [0.05, 0.1) is 18.7 Å². The summed E-state index contributed by atoms with van der Waals surface area (Å²) in [6, 6.07) is -0.378. The molecule has 2 heterocycles. The highest BCUT2D eigenvalue weighted by molar-refractivity contribution is 7.88. The summed E-state index contributed by atoms with van der Waals surface area (Å²) in [6.07, 6.45) is 2.69. The van der Waals surface area contributed by atoms with Crippen molar-refractivity contribution in [3.8, 4) is 0 Å². The van der Waals surface area contributed by atoms with Gasteiger partial charge in [0.1, 0.15) is 0 Å². The lowest BCUT2D eigenvalue weighted by Crippen LogP contribution is -2.49. The molecule has 2 aliphatic rings. The van der Waals surface area contributed by atoms with Gasteiger partial charge in [0.25, 0.3) is 0 Å². The Morgan fingerprint density at radius 1 is 1.28 bits per heavy atom. The molecule has 7 nitrogen and oxygen atoms in total. The number of nitrogens with zero attached hydrogens (tertiary/aromatic N) is 1. The Hall–Kier alpha value is -0.990. The number of piperidine rings is 1. The number of hydrogen-bond donors (Lipinski definition) is 2. The van der Waals surface area contributed by atoms with Crippen molar-refractivity contribution in [3.05, 3.63) is 0 Å². The zero-order valence-electron chi connectivity index (χ0n) is 10.2. The summed E-state index contributed by atoms with van der Waals surface area (Å²) in [5, 5.41) is 5.36. The Morgan fingerprint density at radius 2 is 1.89 bits per heavy atom. The molecular formula is C10H17N3O4S. The van der Waals surface area contributed by atoms with Crippen molar-refractivity contribution in [2.75, 3.05) is 19.3 Å². The van der Waals surface area contributed by atoms with E-state index in [2.05, 4.69) is 10.6 Å². The summed E-state index contributed by atoms with van der Waals surface area (Å²) in [5.41, 5.74) is 0. The molecule has 2 saturated heterocycles. The van der Waals surface area contributed by atoms with Crippen LogP contribution in [0.4, 0.5) is 0 Å². The largest absolute Gasteiger partial charge is 0.303 e. The minimum atomic E-state index is -3.12. The lowest BCUT2D eigenvalue weighted by Gasteiger charge is -2.31. The molecule has 0 aromatic rings. The van der Waals surface area contributed by atoms with Crippen LogP contribution in [0.5, 0.6) is 0 Å². The van der Waals surface area contributed by atoms with Crippen molar-refractivity contribution in [1.82, 2.24) is 14.9 Å². The van der Waals surface area contributed by atoms with E-state index in [1.165, 1.54) is 10.6 Å². The van der Waals surface area contributed by atoms with Gasteiger partial charge in [-0.1, -0.05) is 0 Å². The van der Waals surface area contributed by atoms with Gasteiger partial charge in [-0.15, -0.1) is 0 Å². The molecule has 102 valence electrons. The maximum absolute atomic E-state index is 11.4. The molecule has 2 amide bonds. The predicted molar refractivity (Wildman–Crippen MR) is 64.1 cm³/mol. The van der Waals surface area contributed by atoms with Gasteiger partial charge >= 0.3 is 0 Å². The molecule has 2 aliphatic heterocycles. The van der Waals surface area contributed by atoms with Gasteiger partial charge in [0.15, 0.2) is 0 Å². The van der Waals surface area contributed by atoms with Gasteiger partial charge in [0.2, 0.25) is 21.8 Å². The molecule has 0 radical (unpaired) electrons. The highest BCUT2D eigenvalue weighted by atomic mass is 32.2. The Labute approximate surface area is 106 Å². The van der Waals surface area contributed by atoms with Crippen LogP contribution < -0.4 is 10.6 Å². The first-order valence-corrected chi connectivity index (χ1v) is 7.76. The number of hydrogen-bond acceptors (Lipinski definition) is 5. The topological polar surface area (TPSA) is 95.6 Å². The summed E-state index contributed by atoms with van der Waals surface area (Å²) in [7, 11) is -3.12. The number of rotatable bonds is 3. The van der Waals surface area contributed by atoms with Crippen LogP contribution >= 0.6 is 0 Å². The molecule has 0 aromatic carbocycles. The number of amides is 2. The van der Waals surface area contributed by atoms with E-state index in [1.54, 1.807) is 0 Å². The maximum atomic E-state index is 11.4. The second-order valence-corrected chi connectivity index (χ2v) is 6.75. The summed E-state index contributed by atoms with van der Waals surface area (Å²) in [6.45, 7) is 0.914. The molecule has 0 saturated carbocycles. The van der Waals surface area contributed by atoms with Crippen molar-refractivity contribution >= 4 is 21.8 Å². The van der Waals surface area contributed by atoms with E-state index < -0.39 is 16.1 Å². The standard InChI is InChI=1S/C10H17N3O4S/c1-18(16,17)13-4-2-7(3-5-13)11-8-6-9(14)12-10(8)15/h7-8,11H,2-6H2,1H3,(H,12,14,15). The Kier molecular flexibility index (Phi) is 3.69.